The molecule has 2 fully saturated rings. The minimum Gasteiger partial charge on any atom is -0.325 e. The Hall–Kier alpha value is -1.89. The number of fused-ring (bicyclic) bond motifs is 1. The molecular weight excluding hydrogens is 231 g/mol. The van der Waals surface area contributed by atoms with Crippen molar-refractivity contribution in [2.75, 3.05) is 5.32 Å². The Bertz CT molecular complexity index is 539. The zero-order chi connectivity index (χ0) is 12.7. The Morgan fingerprint density at radius 1 is 1.33 bits per heavy atom. The van der Waals surface area contributed by atoms with Crippen LogP contribution in [0.3, 0.4) is 0 Å². The first-order chi connectivity index (χ1) is 8.69. The molecule has 1 N–H and O–H groups in total. The Morgan fingerprint density at radius 3 is 2.72 bits per heavy atom. The quantitative estimate of drug-likeness (QED) is 0.869. The second kappa shape index (κ2) is 4.09. The SMILES string of the molecule is N#Cc1c(F)cccc1NC(=O)C1CC2CC2C1. The van der Waals surface area contributed by atoms with Crippen molar-refractivity contribution in [2.24, 2.45) is 17.8 Å². The van der Waals surface area contributed by atoms with Crippen molar-refractivity contribution in [3.05, 3.63) is 29.6 Å². The van der Waals surface area contributed by atoms with Crippen LogP contribution < -0.4 is 5.32 Å². The summed E-state index contributed by atoms with van der Waals surface area (Å²) in [7, 11) is 0. The highest BCUT2D eigenvalue weighted by Crippen LogP contribution is 2.54. The number of halogens is 1. The summed E-state index contributed by atoms with van der Waals surface area (Å²) in [5, 5.41) is 11.6. The zero-order valence-electron chi connectivity index (χ0n) is 9.82. The molecular formula is C14H13FN2O. The lowest BCUT2D eigenvalue weighted by Gasteiger charge is -2.13. The molecule has 0 aromatic heterocycles. The van der Waals surface area contributed by atoms with E-state index in [4.69, 9.17) is 5.26 Å². The number of nitrogens with zero attached hydrogens (tertiary/aromatic N) is 1. The first-order valence-electron chi connectivity index (χ1n) is 6.18. The van der Waals surface area contributed by atoms with Gasteiger partial charge < -0.3 is 5.32 Å². The van der Waals surface area contributed by atoms with Crippen LogP contribution >= 0.6 is 0 Å². The normalized spacial score (nSPS) is 28.3. The van der Waals surface area contributed by atoms with Crippen LogP contribution in [0.1, 0.15) is 24.8 Å². The van der Waals surface area contributed by atoms with Gasteiger partial charge in [-0.1, -0.05) is 6.07 Å². The molecule has 18 heavy (non-hydrogen) atoms. The molecule has 2 unspecified atom stereocenters. The number of hydrogen-bond acceptors (Lipinski definition) is 2. The summed E-state index contributed by atoms with van der Waals surface area (Å²) in [4.78, 5) is 12.0. The van der Waals surface area contributed by atoms with E-state index < -0.39 is 5.82 Å². The maximum absolute atomic E-state index is 13.4. The number of nitriles is 1. The fraction of sp³-hybridized carbons (Fsp3) is 0.429. The third-order valence-corrected chi connectivity index (χ3v) is 4.00. The molecule has 2 aliphatic rings. The van der Waals surface area contributed by atoms with Gasteiger partial charge in [-0.25, -0.2) is 4.39 Å². The predicted octanol–water partition coefficient (Wildman–Crippen LogP) is 2.68. The van der Waals surface area contributed by atoms with E-state index >= 15 is 0 Å². The molecule has 2 aliphatic carbocycles. The molecule has 0 aliphatic heterocycles. The van der Waals surface area contributed by atoms with Crippen molar-refractivity contribution in [3.8, 4) is 6.07 Å². The molecule has 0 radical (unpaired) electrons. The van der Waals surface area contributed by atoms with Crippen molar-refractivity contribution < 1.29 is 9.18 Å². The van der Waals surface area contributed by atoms with E-state index in [1.54, 1.807) is 12.1 Å². The maximum atomic E-state index is 13.4. The minimum atomic E-state index is -0.593. The fourth-order valence-corrected chi connectivity index (χ4v) is 2.91. The van der Waals surface area contributed by atoms with Crippen LogP contribution in [0, 0.1) is 34.9 Å². The molecule has 0 bridgehead atoms. The molecule has 0 saturated heterocycles. The Labute approximate surface area is 105 Å². The van der Waals surface area contributed by atoms with Crippen molar-refractivity contribution in [1.82, 2.24) is 0 Å². The van der Waals surface area contributed by atoms with Gasteiger partial charge in [-0.2, -0.15) is 5.26 Å². The summed E-state index contributed by atoms with van der Waals surface area (Å²) < 4.78 is 13.4. The standard InChI is InChI=1S/C14H13FN2O/c15-12-2-1-3-13(11(12)7-16)17-14(18)10-5-8-4-9(8)6-10/h1-3,8-10H,4-6H2,(H,17,18). The van der Waals surface area contributed by atoms with Gasteiger partial charge in [-0.15, -0.1) is 0 Å². The third-order valence-electron chi connectivity index (χ3n) is 4.00. The first-order valence-corrected chi connectivity index (χ1v) is 6.18. The highest BCUT2D eigenvalue weighted by atomic mass is 19.1. The van der Waals surface area contributed by atoms with E-state index in [0.29, 0.717) is 0 Å². The Morgan fingerprint density at radius 2 is 2.06 bits per heavy atom. The molecule has 2 atom stereocenters. The molecule has 3 rings (SSSR count). The number of nitrogens with one attached hydrogen (secondary N) is 1. The summed E-state index contributed by atoms with van der Waals surface area (Å²) in [6.45, 7) is 0. The highest BCUT2D eigenvalue weighted by molar-refractivity contribution is 5.94. The number of benzene rings is 1. The maximum Gasteiger partial charge on any atom is 0.227 e. The van der Waals surface area contributed by atoms with Crippen LogP contribution in [0.2, 0.25) is 0 Å². The lowest BCUT2D eigenvalue weighted by molar-refractivity contribution is -0.120. The van der Waals surface area contributed by atoms with Gasteiger partial charge in [0.15, 0.2) is 0 Å². The Kier molecular flexibility index (Phi) is 2.55. The molecule has 1 aromatic rings. The summed E-state index contributed by atoms with van der Waals surface area (Å²) in [6.07, 6.45) is 3.13. The molecule has 1 aromatic carbocycles. The number of amides is 1. The molecule has 1 amide bonds. The molecule has 3 nitrogen and oxygen atoms in total. The summed E-state index contributed by atoms with van der Waals surface area (Å²) in [6, 6.07) is 6.07. The summed E-state index contributed by atoms with van der Waals surface area (Å²) >= 11 is 0. The van der Waals surface area contributed by atoms with Gasteiger partial charge in [0.25, 0.3) is 0 Å². The molecule has 92 valence electrons. The number of carbonyl (C=O) groups is 1. The molecule has 4 heteroatoms. The lowest BCUT2D eigenvalue weighted by atomic mass is 10.0. The average Bonchev–Trinajstić information content (AvgIpc) is 2.96. The van der Waals surface area contributed by atoms with Gasteiger partial charge in [-0.05, 0) is 43.2 Å². The van der Waals surface area contributed by atoms with Gasteiger partial charge in [-0.3, -0.25) is 4.79 Å². The van der Waals surface area contributed by atoms with E-state index in [1.807, 2.05) is 0 Å². The third kappa shape index (κ3) is 1.86. The van der Waals surface area contributed by atoms with Crippen LogP contribution in [0.4, 0.5) is 10.1 Å². The average molecular weight is 244 g/mol. The van der Waals surface area contributed by atoms with E-state index in [2.05, 4.69) is 5.32 Å². The molecule has 0 spiro atoms. The monoisotopic (exact) mass is 244 g/mol. The smallest absolute Gasteiger partial charge is 0.227 e. The van der Waals surface area contributed by atoms with Crippen molar-refractivity contribution >= 4 is 11.6 Å². The largest absolute Gasteiger partial charge is 0.325 e. The van der Waals surface area contributed by atoms with Gasteiger partial charge >= 0.3 is 0 Å². The second-order valence-corrected chi connectivity index (χ2v) is 5.19. The van der Waals surface area contributed by atoms with E-state index in [-0.39, 0.29) is 23.1 Å². The Balaban J connectivity index is 1.74. The van der Waals surface area contributed by atoms with E-state index in [1.165, 1.54) is 18.6 Å². The second-order valence-electron chi connectivity index (χ2n) is 5.19. The number of rotatable bonds is 2. The van der Waals surface area contributed by atoms with Gasteiger partial charge in [0.1, 0.15) is 17.4 Å². The van der Waals surface area contributed by atoms with E-state index in [0.717, 1.165) is 24.7 Å². The fourth-order valence-electron chi connectivity index (χ4n) is 2.91. The van der Waals surface area contributed by atoms with Crippen LogP contribution in [0.15, 0.2) is 18.2 Å². The topological polar surface area (TPSA) is 52.9 Å². The van der Waals surface area contributed by atoms with Crippen LogP contribution in [0.5, 0.6) is 0 Å². The highest BCUT2D eigenvalue weighted by Gasteiger charge is 2.48. The van der Waals surface area contributed by atoms with Crippen molar-refractivity contribution in [1.29, 1.82) is 5.26 Å². The van der Waals surface area contributed by atoms with Crippen molar-refractivity contribution in [2.45, 2.75) is 19.3 Å². The summed E-state index contributed by atoms with van der Waals surface area (Å²) in [5.74, 6) is 0.810. The van der Waals surface area contributed by atoms with Gasteiger partial charge in [0.05, 0.1) is 5.69 Å². The molecule has 2 saturated carbocycles. The zero-order valence-corrected chi connectivity index (χ0v) is 9.82. The summed E-state index contributed by atoms with van der Waals surface area (Å²) in [5.41, 5.74) is 0.192. The predicted molar refractivity (Wildman–Crippen MR) is 64.1 cm³/mol. The van der Waals surface area contributed by atoms with Crippen LogP contribution in [-0.4, -0.2) is 5.91 Å². The number of carbonyl (C=O) groups excluding carboxylic acids is 1. The van der Waals surface area contributed by atoms with Gasteiger partial charge in [0.2, 0.25) is 5.91 Å². The minimum absolute atomic E-state index is 0.0311. The number of anilines is 1. The van der Waals surface area contributed by atoms with Gasteiger partial charge in [0, 0.05) is 5.92 Å². The number of hydrogen-bond donors (Lipinski definition) is 1. The molecule has 0 heterocycles. The van der Waals surface area contributed by atoms with E-state index in [9.17, 15) is 9.18 Å². The lowest BCUT2D eigenvalue weighted by Crippen LogP contribution is -2.22. The first kappa shape index (κ1) is 11.2. The van der Waals surface area contributed by atoms with Crippen LogP contribution in [-0.2, 0) is 4.79 Å². The van der Waals surface area contributed by atoms with Crippen molar-refractivity contribution in [3.63, 3.8) is 0 Å². The van der Waals surface area contributed by atoms with Crippen LogP contribution in [0.25, 0.3) is 0 Å².